The van der Waals surface area contributed by atoms with Gasteiger partial charge in [0, 0.05) is 5.39 Å². The maximum Gasteiger partial charge on any atom is 0.215 e. The maximum atomic E-state index is 10.7. The Hall–Kier alpha value is -2.08. The number of nitrogens with zero attached hydrogens (tertiary/aromatic N) is 1. The topological polar surface area (TPSA) is 54.0 Å². The molecule has 3 heteroatoms. The zero-order valence-corrected chi connectivity index (χ0v) is 6.65. The van der Waals surface area contributed by atoms with Gasteiger partial charge in [0.15, 0.2) is 6.29 Å². The second kappa shape index (κ2) is 2.76. The summed E-state index contributed by atoms with van der Waals surface area (Å²) in [6, 6.07) is 8.91. The summed E-state index contributed by atoms with van der Waals surface area (Å²) in [5, 5.41) is 9.34. The van der Waals surface area contributed by atoms with Crippen LogP contribution >= 0.6 is 0 Å². The van der Waals surface area contributed by atoms with Crippen molar-refractivity contribution in [1.82, 2.24) is 0 Å². The molecule has 0 aliphatic heterocycles. The Balaban J connectivity index is 2.91. The highest BCUT2D eigenvalue weighted by Crippen LogP contribution is 2.23. The van der Waals surface area contributed by atoms with Crippen LogP contribution in [0.15, 0.2) is 28.7 Å². The van der Waals surface area contributed by atoms with E-state index in [-0.39, 0.29) is 5.76 Å². The molecule has 1 aromatic carbocycles. The van der Waals surface area contributed by atoms with Crippen molar-refractivity contribution in [2.45, 2.75) is 0 Å². The fourth-order valence-corrected chi connectivity index (χ4v) is 1.27. The molecule has 1 aromatic heterocycles. The van der Waals surface area contributed by atoms with Crippen LogP contribution in [0.25, 0.3) is 11.0 Å². The fraction of sp³-hybridized carbons (Fsp3) is 0. The molecule has 0 spiro atoms. The van der Waals surface area contributed by atoms with Gasteiger partial charge in [-0.25, -0.2) is 0 Å². The Labute approximate surface area is 74.2 Å². The Morgan fingerprint density at radius 2 is 2.15 bits per heavy atom. The molecule has 0 N–H and O–H groups in total. The molecular formula is C10H5NO2. The second-order valence-electron chi connectivity index (χ2n) is 2.57. The number of rotatable bonds is 1. The number of carbonyl (C=O) groups excluding carboxylic acids is 1. The molecule has 0 radical (unpaired) electrons. The first-order chi connectivity index (χ1) is 6.36. The van der Waals surface area contributed by atoms with E-state index in [0.717, 1.165) is 0 Å². The molecule has 3 nitrogen and oxygen atoms in total. The quantitative estimate of drug-likeness (QED) is 0.617. The van der Waals surface area contributed by atoms with Crippen LogP contribution in [0, 0.1) is 11.3 Å². The van der Waals surface area contributed by atoms with Crippen molar-refractivity contribution >= 4 is 17.3 Å². The summed E-state index contributed by atoms with van der Waals surface area (Å²) in [6.45, 7) is 0. The lowest BCUT2D eigenvalue weighted by molar-refractivity contribution is 0.112. The number of hydrogen-bond acceptors (Lipinski definition) is 3. The lowest BCUT2D eigenvalue weighted by Crippen LogP contribution is -1.79. The van der Waals surface area contributed by atoms with Crippen LogP contribution in [0.5, 0.6) is 0 Å². The molecule has 62 valence electrons. The Morgan fingerprint density at radius 1 is 1.38 bits per heavy atom. The van der Waals surface area contributed by atoms with Crippen LogP contribution in [-0.4, -0.2) is 6.29 Å². The second-order valence-corrected chi connectivity index (χ2v) is 2.57. The van der Waals surface area contributed by atoms with Crippen molar-refractivity contribution < 1.29 is 9.21 Å². The van der Waals surface area contributed by atoms with Crippen LogP contribution in [0.2, 0.25) is 0 Å². The van der Waals surface area contributed by atoms with Gasteiger partial charge in [0.25, 0.3) is 0 Å². The summed E-state index contributed by atoms with van der Waals surface area (Å²) in [5.74, 6) is 0.0798. The summed E-state index contributed by atoms with van der Waals surface area (Å²) in [4.78, 5) is 10.7. The summed E-state index contributed by atoms with van der Waals surface area (Å²) < 4.78 is 5.15. The molecule has 0 amide bonds. The van der Waals surface area contributed by atoms with Gasteiger partial charge in [-0.2, -0.15) is 5.26 Å². The minimum absolute atomic E-state index is 0.0798. The first kappa shape index (κ1) is 7.56. The zero-order valence-electron chi connectivity index (χ0n) is 6.65. The first-order valence-electron chi connectivity index (χ1n) is 3.73. The predicted molar refractivity (Wildman–Crippen MR) is 46.3 cm³/mol. The van der Waals surface area contributed by atoms with Crippen molar-refractivity contribution in [2.75, 3.05) is 0 Å². The number of aldehydes is 1. The van der Waals surface area contributed by atoms with E-state index in [1.54, 1.807) is 24.3 Å². The molecule has 0 atom stereocenters. The van der Waals surface area contributed by atoms with E-state index in [4.69, 9.17) is 9.68 Å². The molecule has 1 heterocycles. The number of para-hydroxylation sites is 1. The van der Waals surface area contributed by atoms with E-state index in [2.05, 4.69) is 0 Å². The van der Waals surface area contributed by atoms with Crippen molar-refractivity contribution in [1.29, 1.82) is 5.26 Å². The van der Waals surface area contributed by atoms with Gasteiger partial charge in [-0.3, -0.25) is 4.79 Å². The molecule has 0 fully saturated rings. The normalized spacial score (nSPS) is 9.77. The number of fused-ring (bicyclic) bond motifs is 1. The predicted octanol–water partition coefficient (Wildman–Crippen LogP) is 2.12. The molecule has 0 unspecified atom stereocenters. The van der Waals surface area contributed by atoms with Gasteiger partial charge >= 0.3 is 0 Å². The van der Waals surface area contributed by atoms with Gasteiger partial charge in [0.2, 0.25) is 5.76 Å². The lowest BCUT2D eigenvalue weighted by atomic mass is 10.1. The highest BCUT2D eigenvalue weighted by Gasteiger charge is 2.11. The van der Waals surface area contributed by atoms with Crippen LogP contribution in [0.4, 0.5) is 0 Å². The number of hydrogen-bond donors (Lipinski definition) is 0. The minimum atomic E-state index is 0.0798. The van der Waals surface area contributed by atoms with Gasteiger partial charge < -0.3 is 4.42 Å². The fourth-order valence-electron chi connectivity index (χ4n) is 1.27. The van der Waals surface area contributed by atoms with Crippen molar-refractivity contribution in [3.63, 3.8) is 0 Å². The standard InChI is InChI=1S/C10H5NO2/c11-5-10-8(6-12)7-3-1-2-4-9(7)13-10/h1-4,6H. The van der Waals surface area contributed by atoms with Gasteiger partial charge in [-0.1, -0.05) is 18.2 Å². The maximum absolute atomic E-state index is 10.7. The number of nitriles is 1. The average molecular weight is 171 g/mol. The molecule has 0 aliphatic rings. The Kier molecular flexibility index (Phi) is 1.60. The number of furan rings is 1. The Bertz CT molecular complexity index is 505. The minimum Gasteiger partial charge on any atom is -0.445 e. The monoisotopic (exact) mass is 171 g/mol. The van der Waals surface area contributed by atoms with E-state index < -0.39 is 0 Å². The van der Waals surface area contributed by atoms with E-state index in [9.17, 15) is 4.79 Å². The van der Waals surface area contributed by atoms with Gasteiger partial charge in [0.05, 0.1) is 5.56 Å². The molecule has 0 saturated carbocycles. The summed E-state index contributed by atoms with van der Waals surface area (Å²) in [7, 11) is 0. The largest absolute Gasteiger partial charge is 0.445 e. The van der Waals surface area contributed by atoms with Crippen molar-refractivity contribution in [3.8, 4) is 6.07 Å². The highest BCUT2D eigenvalue weighted by atomic mass is 16.3. The van der Waals surface area contributed by atoms with Crippen LogP contribution in [0.3, 0.4) is 0 Å². The molecule has 0 bridgehead atoms. The summed E-state index contributed by atoms with van der Waals surface area (Å²) in [6.07, 6.45) is 0.643. The van der Waals surface area contributed by atoms with E-state index >= 15 is 0 Å². The Morgan fingerprint density at radius 3 is 2.85 bits per heavy atom. The summed E-state index contributed by atoms with van der Waals surface area (Å²) >= 11 is 0. The third kappa shape index (κ3) is 1.00. The van der Waals surface area contributed by atoms with Crippen LogP contribution < -0.4 is 0 Å². The molecule has 0 aliphatic carbocycles. The van der Waals surface area contributed by atoms with Gasteiger partial charge in [-0.05, 0) is 6.07 Å². The zero-order chi connectivity index (χ0) is 9.26. The third-order valence-corrected chi connectivity index (χ3v) is 1.85. The van der Waals surface area contributed by atoms with Crippen molar-refractivity contribution in [3.05, 3.63) is 35.6 Å². The lowest BCUT2D eigenvalue weighted by Gasteiger charge is -1.84. The molecular weight excluding hydrogens is 166 g/mol. The van der Waals surface area contributed by atoms with Crippen LogP contribution in [-0.2, 0) is 0 Å². The third-order valence-electron chi connectivity index (χ3n) is 1.85. The molecule has 13 heavy (non-hydrogen) atoms. The summed E-state index contributed by atoms with van der Waals surface area (Å²) in [5.41, 5.74) is 0.902. The number of carbonyl (C=O) groups is 1. The molecule has 2 aromatic rings. The van der Waals surface area contributed by atoms with E-state index in [0.29, 0.717) is 22.8 Å². The van der Waals surface area contributed by atoms with E-state index in [1.807, 2.05) is 6.07 Å². The van der Waals surface area contributed by atoms with Gasteiger partial charge in [0.1, 0.15) is 11.7 Å². The van der Waals surface area contributed by atoms with E-state index in [1.165, 1.54) is 0 Å². The highest BCUT2D eigenvalue weighted by molar-refractivity contribution is 5.98. The molecule has 0 saturated heterocycles. The van der Waals surface area contributed by atoms with Crippen molar-refractivity contribution in [2.24, 2.45) is 0 Å². The first-order valence-corrected chi connectivity index (χ1v) is 3.73. The number of benzene rings is 1. The van der Waals surface area contributed by atoms with Crippen LogP contribution in [0.1, 0.15) is 16.1 Å². The molecule has 2 rings (SSSR count). The smallest absolute Gasteiger partial charge is 0.215 e. The van der Waals surface area contributed by atoms with Gasteiger partial charge in [-0.15, -0.1) is 0 Å². The average Bonchev–Trinajstić information content (AvgIpc) is 2.55. The SMILES string of the molecule is N#Cc1oc2ccccc2c1C=O.